The lowest BCUT2D eigenvalue weighted by Gasteiger charge is -2.23. The van der Waals surface area contributed by atoms with Crippen molar-refractivity contribution in [3.05, 3.63) is 59.7 Å². The maximum atomic E-state index is 12.8. The summed E-state index contributed by atoms with van der Waals surface area (Å²) in [6.07, 6.45) is 2.36. The van der Waals surface area contributed by atoms with Crippen molar-refractivity contribution in [1.29, 1.82) is 0 Å². The van der Waals surface area contributed by atoms with Crippen molar-refractivity contribution in [2.45, 2.75) is 42.9 Å². The molecule has 2 aromatic carbocycles. The second kappa shape index (κ2) is 16.5. The van der Waals surface area contributed by atoms with Crippen LogP contribution in [0.2, 0.25) is 0 Å². The van der Waals surface area contributed by atoms with E-state index in [2.05, 4.69) is 0 Å². The van der Waals surface area contributed by atoms with Gasteiger partial charge in [0.2, 0.25) is 0 Å². The van der Waals surface area contributed by atoms with Crippen LogP contribution in [0, 0.1) is 13.8 Å². The first kappa shape index (κ1) is 32.6. The van der Waals surface area contributed by atoms with Crippen LogP contribution in [0.25, 0.3) is 0 Å². The maximum Gasteiger partial charge on any atom is 0.313 e. The molecule has 1 aliphatic heterocycles. The Hall–Kier alpha value is -1.94. The van der Waals surface area contributed by atoms with E-state index in [1.54, 1.807) is 24.3 Å². The summed E-state index contributed by atoms with van der Waals surface area (Å²) in [6.45, 7) is 6.57. The van der Waals surface area contributed by atoms with Gasteiger partial charge >= 0.3 is 20.2 Å². The molecule has 0 aromatic heterocycles. The van der Waals surface area contributed by atoms with Crippen LogP contribution < -0.4 is 0 Å². The topological polar surface area (TPSA) is 121 Å². The number of benzene rings is 2. The smallest absolute Gasteiger partial charge is 0.313 e. The van der Waals surface area contributed by atoms with Crippen LogP contribution in [0.15, 0.2) is 58.3 Å². The fraction of sp³-hybridized carbons (Fsp3) is 0.556. The van der Waals surface area contributed by atoms with Gasteiger partial charge in [-0.1, -0.05) is 35.4 Å². The van der Waals surface area contributed by atoms with Crippen LogP contribution in [0.5, 0.6) is 0 Å². The fourth-order valence-electron chi connectivity index (χ4n) is 3.74. The third-order valence-corrected chi connectivity index (χ3v) is 8.56. The molecule has 1 heterocycles. The highest BCUT2D eigenvalue weighted by molar-refractivity contribution is 7.87. The normalized spacial score (nSPS) is 19.1. The average molecular weight is 601 g/mol. The van der Waals surface area contributed by atoms with Crippen molar-refractivity contribution in [1.82, 2.24) is 10.1 Å². The van der Waals surface area contributed by atoms with Gasteiger partial charge in [-0.3, -0.25) is 0 Å². The van der Waals surface area contributed by atoms with Crippen LogP contribution >= 0.6 is 0 Å². The third kappa shape index (κ3) is 11.5. The molecule has 3 rings (SSSR count). The minimum absolute atomic E-state index is 0.0513. The minimum Gasteiger partial charge on any atom is -0.379 e. The predicted molar refractivity (Wildman–Crippen MR) is 148 cm³/mol. The zero-order valence-corrected chi connectivity index (χ0v) is 24.8. The van der Waals surface area contributed by atoms with Crippen molar-refractivity contribution in [3.8, 4) is 0 Å². The Morgan fingerprint density at radius 3 is 1.40 bits per heavy atom. The lowest BCUT2D eigenvalue weighted by Crippen LogP contribution is -2.35. The lowest BCUT2D eigenvalue weighted by molar-refractivity contribution is -0.0961. The number of hydroxylamine groups is 4. The second-order valence-electron chi connectivity index (χ2n) is 9.44. The van der Waals surface area contributed by atoms with Crippen LogP contribution in [-0.4, -0.2) is 92.8 Å². The quantitative estimate of drug-likeness (QED) is 0.486. The minimum atomic E-state index is -4.04. The molecule has 224 valence electrons. The Morgan fingerprint density at radius 2 is 0.925 bits per heavy atom. The molecule has 2 aromatic rings. The molecule has 0 N–H and O–H groups in total. The molecular weight excluding hydrogens is 560 g/mol. The summed E-state index contributed by atoms with van der Waals surface area (Å²) in [5.41, 5.74) is 1.88. The maximum absolute atomic E-state index is 12.8. The van der Waals surface area contributed by atoms with Crippen LogP contribution in [0.4, 0.5) is 0 Å². The van der Waals surface area contributed by atoms with E-state index in [1.165, 1.54) is 34.4 Å². The molecule has 1 fully saturated rings. The Morgan fingerprint density at radius 1 is 0.525 bits per heavy atom. The van der Waals surface area contributed by atoms with E-state index >= 15 is 0 Å². The van der Waals surface area contributed by atoms with Gasteiger partial charge in [0.1, 0.15) is 0 Å². The molecule has 40 heavy (non-hydrogen) atoms. The van der Waals surface area contributed by atoms with Gasteiger partial charge in [-0.25, -0.2) is 0 Å². The molecule has 0 amide bonds. The molecule has 0 unspecified atom stereocenters. The van der Waals surface area contributed by atoms with Crippen molar-refractivity contribution in [3.63, 3.8) is 0 Å². The highest BCUT2D eigenvalue weighted by Gasteiger charge is 2.22. The fourth-order valence-corrected chi connectivity index (χ4v) is 5.70. The summed E-state index contributed by atoms with van der Waals surface area (Å²) < 4.78 is 79.0. The highest BCUT2D eigenvalue weighted by atomic mass is 32.2. The van der Waals surface area contributed by atoms with Crippen molar-refractivity contribution >= 4 is 20.2 Å². The van der Waals surface area contributed by atoms with Crippen LogP contribution in [0.3, 0.4) is 0 Å². The number of rotatable bonds is 6. The standard InChI is InChI=1S/C27H40N2O9S2/c1-24-6-10-26(11-7-24)39(30,31)37-28-14-4-3-5-18-34-22-23-36-21-17-29(16-20-35-19-15-28)38-40(32,33)27-12-8-25(2)9-13-27/h6-13H,3-5,14-23H2,1-2H3. The first-order valence-electron chi connectivity index (χ1n) is 13.4. The molecule has 0 radical (unpaired) electrons. The number of hydrogen-bond donors (Lipinski definition) is 0. The van der Waals surface area contributed by atoms with Crippen molar-refractivity contribution in [2.75, 3.05) is 65.8 Å². The van der Waals surface area contributed by atoms with Gasteiger partial charge in [-0.15, -0.1) is 0 Å². The van der Waals surface area contributed by atoms with Gasteiger partial charge in [0.05, 0.1) is 42.8 Å². The molecular formula is C27H40N2O9S2. The predicted octanol–water partition coefficient (Wildman–Crippen LogP) is 3.08. The second-order valence-corrected chi connectivity index (χ2v) is 12.5. The average Bonchev–Trinajstić information content (AvgIpc) is 2.90. The summed E-state index contributed by atoms with van der Waals surface area (Å²) in [5, 5.41) is 2.68. The molecule has 1 aliphatic rings. The van der Waals surface area contributed by atoms with E-state index in [1.807, 2.05) is 13.8 Å². The van der Waals surface area contributed by atoms with Gasteiger partial charge in [0.25, 0.3) is 0 Å². The van der Waals surface area contributed by atoms with E-state index in [-0.39, 0.29) is 49.2 Å². The molecule has 0 saturated carbocycles. The first-order valence-corrected chi connectivity index (χ1v) is 16.2. The zero-order chi connectivity index (χ0) is 28.8. The molecule has 0 atom stereocenters. The summed E-state index contributed by atoms with van der Waals surface area (Å²) in [5.74, 6) is 0. The van der Waals surface area contributed by atoms with E-state index in [4.69, 9.17) is 22.8 Å². The van der Waals surface area contributed by atoms with E-state index < -0.39 is 20.2 Å². The number of hydrogen-bond acceptors (Lipinski definition) is 11. The first-order chi connectivity index (χ1) is 19.2. The molecule has 0 aliphatic carbocycles. The number of aryl methyl sites for hydroxylation is 2. The van der Waals surface area contributed by atoms with Crippen LogP contribution in [-0.2, 0) is 43.0 Å². The Kier molecular flexibility index (Phi) is 13.4. The van der Waals surface area contributed by atoms with Crippen molar-refractivity contribution < 1.29 is 39.6 Å². The van der Waals surface area contributed by atoms with E-state index in [0.29, 0.717) is 32.8 Å². The Bertz CT molecular complexity index is 1130. The third-order valence-electron chi connectivity index (χ3n) is 6.05. The van der Waals surface area contributed by atoms with Crippen molar-refractivity contribution in [2.24, 2.45) is 0 Å². The summed E-state index contributed by atoms with van der Waals surface area (Å²) >= 11 is 0. The number of ether oxygens (including phenoxy) is 3. The van der Waals surface area contributed by atoms with Gasteiger partial charge < -0.3 is 14.2 Å². The van der Waals surface area contributed by atoms with Gasteiger partial charge in [0.15, 0.2) is 0 Å². The van der Waals surface area contributed by atoms with Gasteiger partial charge in [-0.05, 0) is 57.4 Å². The summed E-state index contributed by atoms with van der Waals surface area (Å²) in [6, 6.07) is 12.9. The molecule has 1 saturated heterocycles. The molecule has 0 bridgehead atoms. The number of nitrogens with zero attached hydrogens (tertiary/aromatic N) is 2. The van der Waals surface area contributed by atoms with Gasteiger partial charge in [-0.2, -0.15) is 35.5 Å². The molecule has 0 spiro atoms. The van der Waals surface area contributed by atoms with Crippen LogP contribution in [0.1, 0.15) is 30.4 Å². The lowest BCUT2D eigenvalue weighted by atomic mass is 10.2. The summed E-state index contributed by atoms with van der Waals surface area (Å²) in [7, 11) is -8.03. The Labute approximate surface area is 238 Å². The Balaban J connectivity index is 1.61. The molecule has 13 heteroatoms. The summed E-state index contributed by atoms with van der Waals surface area (Å²) in [4.78, 5) is 0.132. The highest BCUT2D eigenvalue weighted by Crippen LogP contribution is 2.17. The SMILES string of the molecule is Cc1ccc(S(=O)(=O)ON2CCCCCOCCOCCN(OS(=O)(=O)c3ccc(C)cc3)CCOCC2)cc1. The zero-order valence-electron chi connectivity index (χ0n) is 23.2. The van der Waals surface area contributed by atoms with Gasteiger partial charge in [0, 0.05) is 32.8 Å². The largest absolute Gasteiger partial charge is 0.379 e. The molecule has 11 nitrogen and oxygen atoms in total. The van der Waals surface area contributed by atoms with E-state index in [0.717, 1.165) is 24.0 Å². The van der Waals surface area contributed by atoms with E-state index in [9.17, 15) is 16.8 Å². The monoisotopic (exact) mass is 600 g/mol.